The fraction of sp³-hybridized carbons (Fsp3) is 0.333. The van der Waals surface area contributed by atoms with E-state index in [9.17, 15) is 10.2 Å². The van der Waals surface area contributed by atoms with Crippen molar-refractivity contribution in [1.82, 2.24) is 0 Å². The minimum absolute atomic E-state index is 0.267. The Morgan fingerprint density at radius 3 is 1.09 bits per heavy atom. The average Bonchev–Trinajstić information content (AvgIpc) is 2.98. The molecule has 0 amide bonds. The van der Waals surface area contributed by atoms with E-state index in [1.807, 2.05) is 36.7 Å². The zero-order valence-corrected chi connectivity index (χ0v) is 36.7. The minimum atomic E-state index is 0.267. The molecule has 4 aromatic rings. The molecule has 0 saturated carbocycles. The van der Waals surface area contributed by atoms with Crippen molar-refractivity contribution in [3.05, 3.63) is 107 Å². The van der Waals surface area contributed by atoms with Crippen molar-refractivity contribution in [2.24, 2.45) is 9.98 Å². The summed E-state index contributed by atoms with van der Waals surface area (Å²) in [6.07, 6.45) is 4.43. The number of hydrogen-bond acceptors (Lipinski definition) is 4. The molecule has 0 atom stereocenters. The average molecular weight is 1080 g/mol. The van der Waals surface area contributed by atoms with Crippen LogP contribution in [-0.2, 0) is 6.42 Å². The number of rotatable bonds is 10. The normalized spacial score (nSPS) is 12.3. The predicted octanol–water partition coefficient (Wildman–Crippen LogP) is 13.1. The standard InChI is InChI=1S/C39H42I4N2O2/c1-20(2)30-10-24(11-31(21(3)4)36(30)44-18-26-14-28(40)16-34(42)38(26)46)9-25-12-32(22(5)6)37(33(13-25)23(7)8)45-19-27-15-29(41)17-35(43)39(27)47/h10-23,46-47H,9H2,1-8H3. The lowest BCUT2D eigenvalue weighted by molar-refractivity contribution is 0.470. The van der Waals surface area contributed by atoms with Crippen molar-refractivity contribution in [1.29, 1.82) is 0 Å². The van der Waals surface area contributed by atoms with E-state index < -0.39 is 0 Å². The van der Waals surface area contributed by atoms with Gasteiger partial charge in [0.05, 0.1) is 18.5 Å². The molecule has 47 heavy (non-hydrogen) atoms. The van der Waals surface area contributed by atoms with Gasteiger partial charge in [-0.1, -0.05) is 79.7 Å². The van der Waals surface area contributed by atoms with E-state index in [-0.39, 0.29) is 35.2 Å². The molecule has 0 saturated heterocycles. The van der Waals surface area contributed by atoms with E-state index in [2.05, 4.69) is 170 Å². The first-order valence-corrected chi connectivity index (χ1v) is 20.2. The largest absolute Gasteiger partial charge is 0.506 e. The third-order valence-electron chi connectivity index (χ3n) is 8.13. The van der Waals surface area contributed by atoms with Crippen LogP contribution in [0.4, 0.5) is 11.4 Å². The number of phenolic OH excluding ortho intramolecular Hbond substituents is 2. The second-order valence-corrected chi connectivity index (χ2v) is 18.0. The molecule has 4 aromatic carbocycles. The van der Waals surface area contributed by atoms with Crippen LogP contribution in [-0.4, -0.2) is 22.6 Å². The summed E-state index contributed by atoms with van der Waals surface area (Å²) in [5.74, 6) is 1.64. The van der Waals surface area contributed by atoms with Crippen molar-refractivity contribution in [3.8, 4) is 11.5 Å². The number of nitrogens with zero attached hydrogens (tertiary/aromatic N) is 2. The molecule has 4 nitrogen and oxygen atoms in total. The van der Waals surface area contributed by atoms with Crippen LogP contribution in [0.15, 0.2) is 58.5 Å². The van der Waals surface area contributed by atoms with E-state index in [1.54, 1.807) is 0 Å². The quantitative estimate of drug-likeness (QED) is 0.123. The van der Waals surface area contributed by atoms with Crippen LogP contribution in [0.3, 0.4) is 0 Å². The van der Waals surface area contributed by atoms with E-state index in [0.29, 0.717) is 0 Å². The van der Waals surface area contributed by atoms with E-state index in [4.69, 9.17) is 9.98 Å². The molecule has 0 heterocycles. The molecule has 0 unspecified atom stereocenters. The van der Waals surface area contributed by atoms with Gasteiger partial charge in [-0.2, -0.15) is 0 Å². The molecule has 0 aliphatic carbocycles. The maximum Gasteiger partial charge on any atom is 0.137 e. The lowest BCUT2D eigenvalue weighted by Gasteiger charge is -2.21. The topological polar surface area (TPSA) is 65.2 Å². The Hall–Kier alpha value is -1.26. The molecule has 2 N–H and O–H groups in total. The number of aliphatic imine (C=N–C) groups is 2. The molecule has 0 bridgehead atoms. The first-order valence-electron chi connectivity index (χ1n) is 15.8. The Bertz CT molecular complexity index is 1650. The summed E-state index contributed by atoms with van der Waals surface area (Å²) >= 11 is 8.90. The Labute approximate surface area is 335 Å². The van der Waals surface area contributed by atoms with Crippen LogP contribution in [0.25, 0.3) is 0 Å². The van der Waals surface area contributed by atoms with Crippen molar-refractivity contribution in [3.63, 3.8) is 0 Å². The van der Waals surface area contributed by atoms with Gasteiger partial charge in [0.1, 0.15) is 11.5 Å². The monoisotopic (exact) mass is 1080 g/mol. The van der Waals surface area contributed by atoms with Gasteiger partial charge in [-0.3, -0.25) is 9.98 Å². The molecule has 248 valence electrons. The molecule has 0 fully saturated rings. The molecular weight excluding hydrogens is 1040 g/mol. The predicted molar refractivity (Wildman–Crippen MR) is 234 cm³/mol. The van der Waals surface area contributed by atoms with Crippen LogP contribution in [0, 0.1) is 14.3 Å². The zero-order chi connectivity index (χ0) is 34.7. The van der Waals surface area contributed by atoms with Gasteiger partial charge in [0.15, 0.2) is 0 Å². The Morgan fingerprint density at radius 1 is 0.511 bits per heavy atom. The van der Waals surface area contributed by atoms with Crippen LogP contribution in [0.1, 0.15) is 124 Å². The van der Waals surface area contributed by atoms with Gasteiger partial charge in [0.2, 0.25) is 0 Å². The van der Waals surface area contributed by atoms with Gasteiger partial charge in [-0.05, 0) is 178 Å². The summed E-state index contributed by atoms with van der Waals surface area (Å²) in [6, 6.07) is 17.1. The summed E-state index contributed by atoms with van der Waals surface area (Å²) in [6.45, 7) is 17.8. The fourth-order valence-electron chi connectivity index (χ4n) is 5.62. The highest BCUT2D eigenvalue weighted by atomic mass is 127. The second-order valence-electron chi connectivity index (χ2n) is 13.2. The first kappa shape index (κ1) is 38.5. The Balaban J connectivity index is 1.81. The molecule has 0 aliphatic heterocycles. The van der Waals surface area contributed by atoms with Gasteiger partial charge >= 0.3 is 0 Å². The molecule has 8 heteroatoms. The molecule has 0 spiro atoms. The Morgan fingerprint density at radius 2 is 0.809 bits per heavy atom. The number of phenols is 2. The number of halogens is 4. The van der Waals surface area contributed by atoms with E-state index in [1.165, 1.54) is 33.4 Å². The van der Waals surface area contributed by atoms with Crippen LogP contribution >= 0.6 is 90.4 Å². The number of hydrogen-bond donors (Lipinski definition) is 2. The summed E-state index contributed by atoms with van der Waals surface area (Å²) in [5, 5.41) is 21.4. The van der Waals surface area contributed by atoms with Gasteiger partial charge in [0, 0.05) is 30.7 Å². The van der Waals surface area contributed by atoms with E-state index in [0.717, 1.165) is 43.2 Å². The fourth-order valence-corrected chi connectivity index (χ4v) is 9.40. The second kappa shape index (κ2) is 16.6. The SMILES string of the molecule is CC(C)c1cc(Cc2cc(C(C)C)c(N=Cc3cc(I)cc(I)c3O)c(C(C)C)c2)cc(C(C)C)c1N=Cc1cc(I)cc(I)c1O. The molecule has 0 radical (unpaired) electrons. The van der Waals surface area contributed by atoms with Crippen molar-refractivity contribution in [2.45, 2.75) is 85.5 Å². The van der Waals surface area contributed by atoms with Crippen molar-refractivity contribution >= 4 is 114 Å². The van der Waals surface area contributed by atoms with Crippen LogP contribution in [0.2, 0.25) is 0 Å². The number of aromatic hydroxyl groups is 2. The maximum atomic E-state index is 10.7. The van der Waals surface area contributed by atoms with Crippen LogP contribution < -0.4 is 0 Å². The zero-order valence-electron chi connectivity index (χ0n) is 28.1. The smallest absolute Gasteiger partial charge is 0.137 e. The lowest BCUT2D eigenvalue weighted by atomic mass is 9.86. The highest BCUT2D eigenvalue weighted by molar-refractivity contribution is 14.1. The van der Waals surface area contributed by atoms with Gasteiger partial charge in [-0.25, -0.2) is 0 Å². The third-order valence-corrected chi connectivity index (χ3v) is 11.0. The first-order chi connectivity index (χ1) is 22.1. The highest BCUT2D eigenvalue weighted by Crippen LogP contribution is 2.40. The lowest BCUT2D eigenvalue weighted by Crippen LogP contribution is -2.03. The third kappa shape index (κ3) is 9.50. The number of benzene rings is 4. The van der Waals surface area contributed by atoms with Gasteiger partial charge in [0.25, 0.3) is 0 Å². The summed E-state index contributed by atoms with van der Waals surface area (Å²) in [5.41, 5.74) is 10.8. The van der Waals surface area contributed by atoms with Crippen LogP contribution in [0.5, 0.6) is 11.5 Å². The molecule has 0 aliphatic rings. The Kier molecular flexibility index (Phi) is 13.6. The summed E-state index contributed by atoms with van der Waals surface area (Å²) in [7, 11) is 0. The van der Waals surface area contributed by atoms with Gasteiger partial charge in [-0.15, -0.1) is 0 Å². The molecule has 0 aromatic heterocycles. The molecular formula is C39H42I4N2O2. The highest BCUT2D eigenvalue weighted by Gasteiger charge is 2.19. The molecule has 4 rings (SSSR count). The maximum absolute atomic E-state index is 10.7. The summed E-state index contributed by atoms with van der Waals surface area (Å²) < 4.78 is 3.77. The van der Waals surface area contributed by atoms with Crippen molar-refractivity contribution in [2.75, 3.05) is 0 Å². The van der Waals surface area contributed by atoms with E-state index >= 15 is 0 Å². The minimum Gasteiger partial charge on any atom is -0.506 e. The summed E-state index contributed by atoms with van der Waals surface area (Å²) in [4.78, 5) is 10.1. The van der Waals surface area contributed by atoms with Crippen molar-refractivity contribution < 1.29 is 10.2 Å². The van der Waals surface area contributed by atoms with Gasteiger partial charge < -0.3 is 10.2 Å².